The van der Waals surface area contributed by atoms with Crippen LogP contribution in [0.25, 0.3) is 11.4 Å². The molecule has 3 rings (SSSR count). The maximum Gasteiger partial charge on any atom is 0.182 e. The quantitative estimate of drug-likeness (QED) is 0.861. The van der Waals surface area contributed by atoms with Gasteiger partial charge in [0.05, 0.1) is 0 Å². The molecule has 0 amide bonds. The number of H-pyrrole nitrogens is 1. The maximum atomic E-state index is 4.57. The van der Waals surface area contributed by atoms with Crippen LogP contribution in [0.15, 0.2) is 18.2 Å². The molecule has 1 aromatic heterocycles. The van der Waals surface area contributed by atoms with E-state index >= 15 is 0 Å². The summed E-state index contributed by atoms with van der Waals surface area (Å²) in [7, 11) is 0. The van der Waals surface area contributed by atoms with Gasteiger partial charge in [-0.25, -0.2) is 4.98 Å². The van der Waals surface area contributed by atoms with Crippen molar-refractivity contribution in [3.63, 3.8) is 0 Å². The van der Waals surface area contributed by atoms with Crippen LogP contribution in [0.4, 0.5) is 0 Å². The molecule has 3 nitrogen and oxygen atoms in total. The first kappa shape index (κ1) is 10.3. The van der Waals surface area contributed by atoms with E-state index in [9.17, 15) is 0 Å². The Balaban J connectivity index is 2.03. The first-order valence-electron chi connectivity index (χ1n) is 5.43. The normalized spacial score (nSPS) is 15.4. The number of benzene rings is 1. The molecule has 1 heterocycles. The zero-order valence-corrected chi connectivity index (χ0v) is 11.2. The fourth-order valence-corrected chi connectivity index (χ4v) is 2.36. The molecule has 0 atom stereocenters. The highest BCUT2D eigenvalue weighted by atomic mass is 127. The molecule has 0 saturated heterocycles. The minimum atomic E-state index is 0.628. The Morgan fingerprint density at radius 3 is 2.94 bits per heavy atom. The number of nitrogens with one attached hydrogen (secondary N) is 1. The van der Waals surface area contributed by atoms with E-state index in [-0.39, 0.29) is 0 Å². The minimum Gasteiger partial charge on any atom is -0.262 e. The van der Waals surface area contributed by atoms with Gasteiger partial charge >= 0.3 is 0 Å². The molecule has 1 saturated carbocycles. The Kier molecular flexibility index (Phi) is 2.46. The third kappa shape index (κ3) is 1.75. The van der Waals surface area contributed by atoms with Crippen molar-refractivity contribution >= 4 is 22.6 Å². The standard InChI is InChI=1S/C12H12IN3/c1-7-3-2-4-9(10(7)13)12-14-11(15-16-12)8-5-6-8/h2-4,8H,5-6H2,1H3,(H,14,15,16). The molecule has 2 aromatic rings. The van der Waals surface area contributed by atoms with Gasteiger partial charge in [0.2, 0.25) is 0 Å². The molecule has 0 bridgehead atoms. The first-order chi connectivity index (χ1) is 7.75. The van der Waals surface area contributed by atoms with Crippen LogP contribution in [0.5, 0.6) is 0 Å². The lowest BCUT2D eigenvalue weighted by molar-refractivity contribution is 0.935. The van der Waals surface area contributed by atoms with E-state index in [4.69, 9.17) is 0 Å². The van der Waals surface area contributed by atoms with Gasteiger partial charge in [0, 0.05) is 15.1 Å². The highest BCUT2D eigenvalue weighted by molar-refractivity contribution is 14.1. The van der Waals surface area contributed by atoms with Gasteiger partial charge in [-0.05, 0) is 47.9 Å². The van der Waals surface area contributed by atoms with Crippen molar-refractivity contribution in [1.29, 1.82) is 0 Å². The van der Waals surface area contributed by atoms with Crippen LogP contribution in [-0.4, -0.2) is 15.2 Å². The van der Waals surface area contributed by atoms with E-state index in [2.05, 4.69) is 62.9 Å². The summed E-state index contributed by atoms with van der Waals surface area (Å²) in [5.74, 6) is 2.51. The topological polar surface area (TPSA) is 41.6 Å². The van der Waals surface area contributed by atoms with Crippen LogP contribution in [0.3, 0.4) is 0 Å². The summed E-state index contributed by atoms with van der Waals surface area (Å²) in [6, 6.07) is 6.24. The van der Waals surface area contributed by atoms with Crippen LogP contribution in [-0.2, 0) is 0 Å². The van der Waals surface area contributed by atoms with Gasteiger partial charge in [-0.3, -0.25) is 5.10 Å². The van der Waals surface area contributed by atoms with E-state index in [1.54, 1.807) is 0 Å². The second-order valence-electron chi connectivity index (χ2n) is 4.25. The SMILES string of the molecule is Cc1cccc(-c2n[nH]c(C3CC3)n2)c1I. The van der Waals surface area contributed by atoms with Crippen molar-refractivity contribution < 1.29 is 0 Å². The fourth-order valence-electron chi connectivity index (χ4n) is 1.75. The van der Waals surface area contributed by atoms with Crippen molar-refractivity contribution in [3.05, 3.63) is 33.2 Å². The Morgan fingerprint density at radius 1 is 1.38 bits per heavy atom. The molecule has 82 valence electrons. The lowest BCUT2D eigenvalue weighted by Crippen LogP contribution is -1.88. The number of aromatic nitrogens is 3. The smallest absolute Gasteiger partial charge is 0.182 e. The summed E-state index contributed by atoms with van der Waals surface area (Å²) in [6.07, 6.45) is 2.50. The van der Waals surface area contributed by atoms with E-state index in [1.807, 2.05) is 0 Å². The van der Waals surface area contributed by atoms with Crippen LogP contribution < -0.4 is 0 Å². The first-order valence-corrected chi connectivity index (χ1v) is 6.51. The van der Waals surface area contributed by atoms with E-state index < -0.39 is 0 Å². The molecule has 4 heteroatoms. The predicted octanol–water partition coefficient (Wildman–Crippen LogP) is 3.26. The highest BCUT2D eigenvalue weighted by Crippen LogP contribution is 2.38. The average Bonchev–Trinajstić information content (AvgIpc) is 3.02. The van der Waals surface area contributed by atoms with Crippen LogP contribution in [0.1, 0.15) is 30.1 Å². The second kappa shape index (κ2) is 3.84. The summed E-state index contributed by atoms with van der Waals surface area (Å²) < 4.78 is 1.24. The average molecular weight is 325 g/mol. The molecule has 1 fully saturated rings. The molecule has 0 unspecified atom stereocenters. The van der Waals surface area contributed by atoms with E-state index in [0.29, 0.717) is 5.92 Å². The number of nitrogens with zero attached hydrogens (tertiary/aromatic N) is 2. The third-order valence-corrected chi connectivity index (χ3v) is 4.33. The summed E-state index contributed by atoms with van der Waals surface area (Å²) >= 11 is 2.36. The molecule has 0 radical (unpaired) electrons. The molecular formula is C12H12IN3. The molecule has 0 spiro atoms. The van der Waals surface area contributed by atoms with Gasteiger partial charge in [-0.15, -0.1) is 0 Å². The predicted molar refractivity (Wildman–Crippen MR) is 71.2 cm³/mol. The van der Waals surface area contributed by atoms with Gasteiger partial charge in [-0.1, -0.05) is 18.2 Å². The maximum absolute atomic E-state index is 4.57. The van der Waals surface area contributed by atoms with Gasteiger partial charge in [0.15, 0.2) is 5.82 Å². The molecule has 0 aliphatic heterocycles. The zero-order valence-electron chi connectivity index (χ0n) is 9.00. The number of rotatable bonds is 2. The molecule has 1 aromatic carbocycles. The number of aromatic amines is 1. The molecular weight excluding hydrogens is 313 g/mol. The van der Waals surface area contributed by atoms with Crippen LogP contribution in [0.2, 0.25) is 0 Å². The Hall–Kier alpha value is -0.910. The Bertz CT molecular complexity index is 529. The highest BCUT2D eigenvalue weighted by Gasteiger charge is 2.27. The number of hydrogen-bond acceptors (Lipinski definition) is 2. The van der Waals surface area contributed by atoms with E-state index in [0.717, 1.165) is 17.2 Å². The van der Waals surface area contributed by atoms with Gasteiger partial charge in [0.25, 0.3) is 0 Å². The Morgan fingerprint density at radius 2 is 2.19 bits per heavy atom. The fraction of sp³-hybridized carbons (Fsp3) is 0.333. The summed E-state index contributed by atoms with van der Waals surface area (Å²) in [5.41, 5.74) is 2.40. The molecule has 1 aliphatic carbocycles. The molecule has 16 heavy (non-hydrogen) atoms. The molecule has 1 aliphatic rings. The van der Waals surface area contributed by atoms with Crippen molar-refractivity contribution in [3.8, 4) is 11.4 Å². The van der Waals surface area contributed by atoms with Crippen LogP contribution >= 0.6 is 22.6 Å². The third-order valence-electron chi connectivity index (χ3n) is 2.90. The minimum absolute atomic E-state index is 0.628. The van der Waals surface area contributed by atoms with Gasteiger partial charge in [0.1, 0.15) is 5.82 Å². The van der Waals surface area contributed by atoms with Gasteiger partial charge in [-0.2, -0.15) is 5.10 Å². The lowest BCUT2D eigenvalue weighted by atomic mass is 10.1. The van der Waals surface area contributed by atoms with E-state index in [1.165, 1.54) is 22.0 Å². The second-order valence-corrected chi connectivity index (χ2v) is 5.33. The summed E-state index contributed by atoms with van der Waals surface area (Å²) in [6.45, 7) is 2.11. The molecule has 1 N–H and O–H groups in total. The lowest BCUT2D eigenvalue weighted by Gasteiger charge is -2.02. The van der Waals surface area contributed by atoms with Crippen LogP contribution in [0, 0.1) is 10.5 Å². The number of halogens is 1. The van der Waals surface area contributed by atoms with Gasteiger partial charge < -0.3 is 0 Å². The zero-order chi connectivity index (χ0) is 11.1. The summed E-state index contributed by atoms with van der Waals surface area (Å²) in [4.78, 5) is 4.57. The van der Waals surface area contributed by atoms with Crippen molar-refractivity contribution in [2.24, 2.45) is 0 Å². The summed E-state index contributed by atoms with van der Waals surface area (Å²) in [5, 5.41) is 7.36. The van der Waals surface area contributed by atoms with Crippen molar-refractivity contribution in [2.45, 2.75) is 25.7 Å². The van der Waals surface area contributed by atoms with Crippen molar-refractivity contribution in [1.82, 2.24) is 15.2 Å². The Labute approximate surface area is 108 Å². The number of aryl methyl sites for hydroxylation is 1. The monoisotopic (exact) mass is 325 g/mol. The number of hydrogen-bond donors (Lipinski definition) is 1. The largest absolute Gasteiger partial charge is 0.262 e. The van der Waals surface area contributed by atoms with Crippen molar-refractivity contribution in [2.75, 3.05) is 0 Å².